The predicted octanol–water partition coefficient (Wildman–Crippen LogP) is 4.00. The van der Waals surface area contributed by atoms with Crippen molar-refractivity contribution >= 4 is 11.9 Å². The molecule has 142 valence electrons. The molecular formula is C19H38NO4+. The van der Waals surface area contributed by atoms with Crippen LogP contribution in [-0.2, 0) is 14.3 Å². The summed E-state index contributed by atoms with van der Waals surface area (Å²) in [6, 6.07) is 0. The first kappa shape index (κ1) is 17.7. The normalized spacial score (nSPS) is 15.2. The van der Waals surface area contributed by atoms with E-state index >= 15 is 0 Å². The highest BCUT2D eigenvalue weighted by Gasteiger charge is 2.24. The molecule has 0 aromatic rings. The number of hydrogen-bond donors (Lipinski definition) is 1. The first-order valence-corrected chi connectivity index (χ1v) is 9.24. The average molecular weight is 348 g/mol. The van der Waals surface area contributed by atoms with Crippen LogP contribution in [0.15, 0.2) is 0 Å². The van der Waals surface area contributed by atoms with Gasteiger partial charge in [-0.25, -0.2) is 0 Å². The molecule has 0 aromatic heterocycles. The van der Waals surface area contributed by atoms with Crippen molar-refractivity contribution in [3.63, 3.8) is 0 Å². The molecule has 1 N–H and O–H groups in total. The maximum atomic E-state index is 12.0. The summed E-state index contributed by atoms with van der Waals surface area (Å²) in [6.07, 6.45) is 9.16. The topological polar surface area (TPSA) is 63.6 Å². The zero-order valence-electron chi connectivity index (χ0n) is 18.7. The van der Waals surface area contributed by atoms with E-state index in [2.05, 4.69) is 6.92 Å². The van der Waals surface area contributed by atoms with Crippen molar-refractivity contribution in [3.8, 4) is 0 Å². The molecule has 0 saturated heterocycles. The fourth-order valence-electron chi connectivity index (χ4n) is 2.67. The van der Waals surface area contributed by atoms with Crippen LogP contribution in [0.5, 0.6) is 0 Å². The monoisotopic (exact) mass is 347 g/mol. The van der Waals surface area contributed by atoms with Gasteiger partial charge in [-0.3, -0.25) is 9.59 Å². The number of carboxylic acid groups (broad SMARTS) is 1. The van der Waals surface area contributed by atoms with Crippen molar-refractivity contribution in [1.82, 2.24) is 0 Å². The minimum atomic E-state index is -2.31. The number of quaternary nitrogens is 1. The third-order valence-corrected chi connectivity index (χ3v) is 3.84. The number of rotatable bonds is 15. The summed E-state index contributed by atoms with van der Waals surface area (Å²) in [7, 11) is 2.96. The van der Waals surface area contributed by atoms with Gasteiger partial charge in [0.05, 0.1) is 31.6 Å². The Kier molecular flexibility index (Phi) is 9.76. The van der Waals surface area contributed by atoms with E-state index in [0.29, 0.717) is 6.42 Å². The highest BCUT2D eigenvalue weighted by molar-refractivity contribution is 5.71. The van der Waals surface area contributed by atoms with Crippen LogP contribution in [0.3, 0.4) is 0 Å². The van der Waals surface area contributed by atoms with Crippen molar-refractivity contribution < 1.29 is 28.0 Å². The molecule has 24 heavy (non-hydrogen) atoms. The summed E-state index contributed by atoms with van der Waals surface area (Å²) < 4.78 is 27.5. The van der Waals surface area contributed by atoms with E-state index < -0.39 is 29.5 Å². The summed E-state index contributed by atoms with van der Waals surface area (Å²) in [4.78, 5) is 23.0. The largest absolute Gasteiger partial charge is 0.481 e. The molecule has 0 rings (SSSR count). The second kappa shape index (κ2) is 13.2. The Hall–Kier alpha value is -1.10. The van der Waals surface area contributed by atoms with Crippen molar-refractivity contribution in [2.24, 2.45) is 0 Å². The molecule has 0 fully saturated rings. The van der Waals surface area contributed by atoms with Gasteiger partial charge in [0.2, 0.25) is 0 Å². The molecule has 0 radical (unpaired) electrons. The van der Waals surface area contributed by atoms with E-state index in [1.807, 2.05) is 0 Å². The molecule has 0 aliphatic rings. The van der Waals surface area contributed by atoms with Gasteiger partial charge < -0.3 is 14.3 Å². The van der Waals surface area contributed by atoms with Crippen LogP contribution < -0.4 is 0 Å². The highest BCUT2D eigenvalue weighted by atomic mass is 16.5. The van der Waals surface area contributed by atoms with Gasteiger partial charge in [-0.1, -0.05) is 58.3 Å². The van der Waals surface area contributed by atoms with Gasteiger partial charge in [-0.2, -0.15) is 0 Å². The van der Waals surface area contributed by atoms with Gasteiger partial charge in [0.1, 0.15) is 6.54 Å². The molecule has 0 amide bonds. The third-order valence-electron chi connectivity index (χ3n) is 3.84. The maximum absolute atomic E-state index is 12.0. The zero-order chi connectivity index (χ0) is 20.9. The maximum Gasteiger partial charge on any atom is 0.307 e. The van der Waals surface area contributed by atoms with E-state index in [4.69, 9.17) is 14.0 Å². The molecule has 0 heterocycles. The van der Waals surface area contributed by atoms with E-state index in [9.17, 15) is 9.59 Å². The second-order valence-electron chi connectivity index (χ2n) is 7.16. The van der Waals surface area contributed by atoms with Crippen LogP contribution in [0.4, 0.5) is 0 Å². The van der Waals surface area contributed by atoms with E-state index in [0.717, 1.165) is 12.8 Å². The molecule has 0 saturated carbocycles. The quantitative estimate of drug-likeness (QED) is 0.276. The first-order valence-electron chi connectivity index (χ1n) is 10.7. The summed E-state index contributed by atoms with van der Waals surface area (Å²) in [5.74, 6) is -1.56. The Morgan fingerprint density at radius 1 is 1.04 bits per heavy atom. The van der Waals surface area contributed by atoms with Gasteiger partial charge in [-0.05, 0) is 6.42 Å². The van der Waals surface area contributed by atoms with Crippen LogP contribution in [0, 0.1) is 0 Å². The Morgan fingerprint density at radius 3 is 2.08 bits per heavy atom. The van der Waals surface area contributed by atoms with Gasteiger partial charge in [0, 0.05) is 6.42 Å². The number of carboxylic acids is 1. The minimum absolute atomic E-state index is 0.0632. The standard InChI is InChI=1S/C19H37NO4/c1-5-6-7-8-9-10-11-12-13-14-19(23)24-17(15-18(21)22)16-20(2,3)4/h17H,5-16H2,1-4H3/p+1/i2D3. The number of likely N-dealkylation sites (N-methyl/N-ethyl adjacent to an activating group) is 1. The number of esters is 1. The van der Waals surface area contributed by atoms with Crippen LogP contribution in [0.25, 0.3) is 0 Å². The van der Waals surface area contributed by atoms with Crippen LogP contribution in [-0.4, -0.2) is 55.2 Å². The zero-order valence-corrected chi connectivity index (χ0v) is 15.7. The summed E-state index contributed by atoms with van der Waals surface area (Å²) >= 11 is 0. The number of hydrogen-bond acceptors (Lipinski definition) is 3. The molecule has 1 atom stereocenters. The number of aliphatic carboxylic acids is 1. The Labute approximate surface area is 152 Å². The molecular weight excluding hydrogens is 306 g/mol. The van der Waals surface area contributed by atoms with Gasteiger partial charge in [-0.15, -0.1) is 0 Å². The lowest BCUT2D eigenvalue weighted by Crippen LogP contribution is -2.43. The van der Waals surface area contributed by atoms with Crippen LogP contribution in [0.2, 0.25) is 0 Å². The summed E-state index contributed by atoms with van der Waals surface area (Å²) in [5, 5.41) is 9.01. The van der Waals surface area contributed by atoms with Crippen molar-refractivity contribution in [2.45, 2.75) is 83.7 Å². The molecule has 1 unspecified atom stereocenters. The Bertz CT molecular complexity index is 439. The number of carbonyl (C=O) groups excluding carboxylic acids is 1. The van der Waals surface area contributed by atoms with Crippen molar-refractivity contribution in [3.05, 3.63) is 0 Å². The van der Waals surface area contributed by atoms with Crippen molar-refractivity contribution in [2.75, 3.05) is 27.6 Å². The Balaban J connectivity index is 4.18. The number of ether oxygens (including phenoxy) is 1. The highest BCUT2D eigenvalue weighted by Crippen LogP contribution is 2.12. The van der Waals surface area contributed by atoms with E-state index in [1.165, 1.54) is 52.6 Å². The van der Waals surface area contributed by atoms with E-state index in [1.54, 1.807) is 0 Å². The lowest BCUT2D eigenvalue weighted by Gasteiger charge is -2.28. The fraction of sp³-hybridized carbons (Fsp3) is 0.895. The Morgan fingerprint density at radius 2 is 1.58 bits per heavy atom. The van der Waals surface area contributed by atoms with Crippen LogP contribution >= 0.6 is 0 Å². The third kappa shape index (κ3) is 15.8. The van der Waals surface area contributed by atoms with Gasteiger partial charge >= 0.3 is 11.9 Å². The lowest BCUT2D eigenvalue weighted by molar-refractivity contribution is -0.873. The van der Waals surface area contributed by atoms with Crippen molar-refractivity contribution in [1.29, 1.82) is 0 Å². The number of unbranched alkanes of at least 4 members (excludes halogenated alkanes) is 8. The number of carbonyl (C=O) groups is 2. The van der Waals surface area contributed by atoms with E-state index in [-0.39, 0.29) is 19.4 Å². The molecule has 0 aliphatic heterocycles. The fourth-order valence-corrected chi connectivity index (χ4v) is 2.67. The molecule has 5 heteroatoms. The van der Waals surface area contributed by atoms with Crippen LogP contribution in [0.1, 0.15) is 81.7 Å². The molecule has 5 nitrogen and oxygen atoms in total. The van der Waals surface area contributed by atoms with Gasteiger partial charge in [0.25, 0.3) is 0 Å². The molecule has 0 spiro atoms. The lowest BCUT2D eigenvalue weighted by atomic mass is 10.1. The van der Waals surface area contributed by atoms with Gasteiger partial charge in [0.15, 0.2) is 6.10 Å². The number of nitrogens with zero attached hydrogens (tertiary/aromatic N) is 1. The second-order valence-corrected chi connectivity index (χ2v) is 7.16. The predicted molar refractivity (Wildman–Crippen MR) is 96.9 cm³/mol. The summed E-state index contributed by atoms with van der Waals surface area (Å²) in [6.45, 7) is -0.171. The average Bonchev–Trinajstić information content (AvgIpc) is 2.51. The summed E-state index contributed by atoms with van der Waals surface area (Å²) in [5.41, 5.74) is 0. The minimum Gasteiger partial charge on any atom is -0.481 e. The first-order chi connectivity index (χ1) is 12.5. The SMILES string of the molecule is [2H]C([2H])([2H])[N+](C)(C)CC(CC(=O)O)OC(=O)CCCCCCCCCCC. The smallest absolute Gasteiger partial charge is 0.307 e. The molecule has 0 aliphatic carbocycles. The molecule has 0 bridgehead atoms. The molecule has 0 aromatic carbocycles.